The summed E-state index contributed by atoms with van der Waals surface area (Å²) in [6, 6.07) is 12.7. The summed E-state index contributed by atoms with van der Waals surface area (Å²) in [5, 5.41) is 0. The summed E-state index contributed by atoms with van der Waals surface area (Å²) in [6.45, 7) is 4.19. The average Bonchev–Trinajstić information content (AvgIpc) is 2.30. The Morgan fingerprint density at radius 3 is 2.00 bits per heavy atom. The minimum Gasteiger partial charge on any atom is -0.174 e. The van der Waals surface area contributed by atoms with E-state index in [-0.39, 0.29) is 0 Å². The molecular weight excluding hydrogens is 194 g/mol. The van der Waals surface area contributed by atoms with Crippen molar-refractivity contribution < 1.29 is 4.57 Å². The van der Waals surface area contributed by atoms with Crippen LogP contribution in [0.25, 0.3) is 12.3 Å². The van der Waals surface area contributed by atoms with E-state index in [1.807, 2.05) is 4.57 Å². The predicted octanol–water partition coefficient (Wildman–Crippen LogP) is 3.22. The van der Waals surface area contributed by atoms with E-state index in [1.165, 1.54) is 16.7 Å². The molecule has 0 atom stereocenters. The van der Waals surface area contributed by atoms with Crippen LogP contribution >= 0.6 is 0 Å². The van der Waals surface area contributed by atoms with E-state index in [2.05, 4.69) is 74.9 Å². The van der Waals surface area contributed by atoms with E-state index in [9.17, 15) is 0 Å². The van der Waals surface area contributed by atoms with Crippen molar-refractivity contribution in [2.24, 2.45) is 0 Å². The van der Waals surface area contributed by atoms with Gasteiger partial charge in [-0.3, -0.25) is 0 Å². The fourth-order valence-electron chi connectivity index (χ4n) is 1.46. The summed E-state index contributed by atoms with van der Waals surface area (Å²) in [4.78, 5) is 0. The Morgan fingerprint density at radius 2 is 1.38 bits per heavy atom. The number of benzene rings is 1. The highest BCUT2D eigenvalue weighted by Crippen LogP contribution is 2.04. The normalized spacial score (nSPS) is 10.9. The van der Waals surface area contributed by atoms with Crippen molar-refractivity contribution in [3.8, 4) is 0 Å². The topological polar surface area (TPSA) is 3.88 Å². The molecule has 0 bridgehead atoms. The van der Waals surface area contributed by atoms with E-state index >= 15 is 0 Å². The second-order valence-corrected chi connectivity index (χ2v) is 4.05. The van der Waals surface area contributed by atoms with Crippen molar-refractivity contribution in [2.45, 2.75) is 13.8 Å². The van der Waals surface area contributed by atoms with E-state index in [4.69, 9.17) is 0 Å². The highest BCUT2D eigenvalue weighted by atomic mass is 14.9. The third-order valence-corrected chi connectivity index (χ3v) is 2.54. The maximum atomic E-state index is 2.13. The molecule has 0 radical (unpaired) electrons. The number of hydrogen-bond acceptors (Lipinski definition) is 0. The lowest BCUT2D eigenvalue weighted by molar-refractivity contribution is -0.567. The molecule has 2 rings (SSSR count). The standard InChI is InChI=1S/C15H16N/c1-13-3-5-15(6-4-13)9-12-16-10-7-14(2)8-11-16/h3-12H,1-2H3/q+1/b12-9+. The fraction of sp³-hybridized carbons (Fsp3) is 0.133. The Morgan fingerprint density at radius 1 is 0.812 bits per heavy atom. The van der Waals surface area contributed by atoms with Crippen molar-refractivity contribution in [1.82, 2.24) is 0 Å². The van der Waals surface area contributed by atoms with E-state index in [1.54, 1.807) is 0 Å². The lowest BCUT2D eigenvalue weighted by Crippen LogP contribution is -2.23. The molecule has 0 aliphatic carbocycles. The monoisotopic (exact) mass is 210 g/mol. The van der Waals surface area contributed by atoms with Gasteiger partial charge in [0.05, 0.1) is 0 Å². The van der Waals surface area contributed by atoms with Crippen LogP contribution in [0.3, 0.4) is 0 Å². The van der Waals surface area contributed by atoms with Crippen LogP contribution in [0, 0.1) is 13.8 Å². The SMILES string of the molecule is Cc1ccc(/C=C/[n+]2ccc(C)cc2)cc1. The smallest absolute Gasteiger partial charge is 0.174 e. The van der Waals surface area contributed by atoms with E-state index in [0.29, 0.717) is 0 Å². The molecule has 1 aromatic carbocycles. The third-order valence-electron chi connectivity index (χ3n) is 2.54. The van der Waals surface area contributed by atoms with Crippen molar-refractivity contribution in [3.05, 3.63) is 65.5 Å². The largest absolute Gasteiger partial charge is 0.175 e. The average molecular weight is 210 g/mol. The summed E-state index contributed by atoms with van der Waals surface area (Å²) in [7, 11) is 0. The number of hydrogen-bond donors (Lipinski definition) is 0. The third kappa shape index (κ3) is 2.80. The lowest BCUT2D eigenvalue weighted by atomic mass is 10.1. The number of pyridine rings is 1. The maximum Gasteiger partial charge on any atom is 0.175 e. The molecule has 1 aromatic heterocycles. The van der Waals surface area contributed by atoms with Crippen molar-refractivity contribution in [3.63, 3.8) is 0 Å². The molecule has 2 aromatic rings. The first-order valence-electron chi connectivity index (χ1n) is 5.46. The molecular formula is C15H16N+. The quantitative estimate of drug-likeness (QED) is 0.670. The molecule has 0 saturated heterocycles. The van der Waals surface area contributed by atoms with Crippen LogP contribution in [0.1, 0.15) is 16.7 Å². The van der Waals surface area contributed by atoms with Gasteiger partial charge in [-0.25, -0.2) is 0 Å². The first kappa shape index (κ1) is 10.6. The molecule has 0 aliphatic rings. The number of rotatable bonds is 2. The van der Waals surface area contributed by atoms with Crippen molar-refractivity contribution in [2.75, 3.05) is 0 Å². The number of nitrogens with zero attached hydrogens (tertiary/aromatic N) is 1. The molecule has 1 heteroatoms. The molecule has 0 amide bonds. The van der Waals surface area contributed by atoms with E-state index in [0.717, 1.165) is 0 Å². The van der Waals surface area contributed by atoms with Gasteiger partial charge in [0.1, 0.15) is 0 Å². The molecule has 0 unspecified atom stereocenters. The maximum absolute atomic E-state index is 2.13. The number of aryl methyl sites for hydroxylation is 2. The Kier molecular flexibility index (Phi) is 3.16. The Labute approximate surface area is 96.7 Å². The summed E-state index contributed by atoms with van der Waals surface area (Å²) < 4.78 is 2.05. The van der Waals surface area contributed by atoms with Gasteiger partial charge in [0.15, 0.2) is 18.6 Å². The van der Waals surface area contributed by atoms with Crippen LogP contribution in [0.2, 0.25) is 0 Å². The van der Waals surface area contributed by atoms with Gasteiger partial charge in [-0.15, -0.1) is 0 Å². The summed E-state index contributed by atoms with van der Waals surface area (Å²) in [6.07, 6.45) is 8.28. The van der Waals surface area contributed by atoms with Gasteiger partial charge < -0.3 is 0 Å². The van der Waals surface area contributed by atoms with E-state index < -0.39 is 0 Å². The second kappa shape index (κ2) is 4.75. The highest BCUT2D eigenvalue weighted by molar-refractivity contribution is 5.56. The zero-order valence-electron chi connectivity index (χ0n) is 9.72. The highest BCUT2D eigenvalue weighted by Gasteiger charge is 1.93. The Bertz CT molecular complexity index is 430. The molecule has 80 valence electrons. The van der Waals surface area contributed by atoms with Gasteiger partial charge in [0.25, 0.3) is 0 Å². The molecule has 0 spiro atoms. The van der Waals surface area contributed by atoms with Crippen LogP contribution in [0.4, 0.5) is 0 Å². The molecule has 0 saturated carbocycles. The van der Waals surface area contributed by atoms with Gasteiger partial charge in [-0.05, 0) is 25.0 Å². The first-order chi connectivity index (χ1) is 7.74. The lowest BCUT2D eigenvalue weighted by Gasteiger charge is -1.93. The predicted molar refractivity (Wildman–Crippen MR) is 67.8 cm³/mol. The van der Waals surface area contributed by atoms with Crippen LogP contribution in [-0.2, 0) is 0 Å². The minimum atomic E-state index is 1.22. The van der Waals surface area contributed by atoms with Gasteiger partial charge in [-0.2, -0.15) is 4.57 Å². The van der Waals surface area contributed by atoms with Crippen LogP contribution in [0.15, 0.2) is 48.8 Å². The van der Waals surface area contributed by atoms with Crippen molar-refractivity contribution >= 4 is 12.3 Å². The Balaban J connectivity index is 2.15. The van der Waals surface area contributed by atoms with Crippen molar-refractivity contribution in [1.29, 1.82) is 0 Å². The molecule has 0 N–H and O–H groups in total. The Hall–Kier alpha value is -1.89. The summed E-state index contributed by atoms with van der Waals surface area (Å²) in [5.41, 5.74) is 3.79. The summed E-state index contributed by atoms with van der Waals surface area (Å²) in [5.74, 6) is 0. The van der Waals surface area contributed by atoms with Crippen LogP contribution < -0.4 is 4.57 Å². The van der Waals surface area contributed by atoms with Crippen LogP contribution in [0.5, 0.6) is 0 Å². The molecule has 1 nitrogen and oxygen atoms in total. The summed E-state index contributed by atoms with van der Waals surface area (Å²) >= 11 is 0. The van der Waals surface area contributed by atoms with Gasteiger partial charge in [0.2, 0.25) is 0 Å². The van der Waals surface area contributed by atoms with Gasteiger partial charge in [-0.1, -0.05) is 29.8 Å². The molecule has 0 fully saturated rings. The first-order valence-corrected chi connectivity index (χ1v) is 5.46. The molecule has 16 heavy (non-hydrogen) atoms. The number of aromatic nitrogens is 1. The van der Waals surface area contributed by atoms with Crippen LogP contribution in [-0.4, -0.2) is 0 Å². The zero-order chi connectivity index (χ0) is 11.4. The van der Waals surface area contributed by atoms with Gasteiger partial charge in [0, 0.05) is 18.2 Å². The zero-order valence-corrected chi connectivity index (χ0v) is 9.72. The van der Waals surface area contributed by atoms with Gasteiger partial charge >= 0.3 is 0 Å². The molecule has 0 aliphatic heterocycles. The second-order valence-electron chi connectivity index (χ2n) is 4.05. The fourth-order valence-corrected chi connectivity index (χ4v) is 1.46. The minimum absolute atomic E-state index is 1.22. The molecule has 1 heterocycles.